The van der Waals surface area contributed by atoms with Crippen LogP contribution < -0.4 is 10.2 Å². The van der Waals surface area contributed by atoms with Gasteiger partial charge in [-0.1, -0.05) is 17.7 Å². The van der Waals surface area contributed by atoms with Crippen LogP contribution in [0.25, 0.3) is 0 Å². The van der Waals surface area contributed by atoms with Crippen LogP contribution in [0.5, 0.6) is 0 Å². The molecule has 0 aliphatic carbocycles. The molecule has 0 radical (unpaired) electrons. The summed E-state index contributed by atoms with van der Waals surface area (Å²) in [7, 11) is 0. The third-order valence-electron chi connectivity index (χ3n) is 4.22. The van der Waals surface area contributed by atoms with Gasteiger partial charge in [-0.2, -0.15) is 0 Å². The van der Waals surface area contributed by atoms with Crippen LogP contribution in [0, 0.1) is 5.92 Å². The number of aromatic nitrogens is 3. The first-order valence-corrected chi connectivity index (χ1v) is 8.47. The fraction of sp³-hybridized carbons (Fsp3) is 0.412. The summed E-state index contributed by atoms with van der Waals surface area (Å²) < 4.78 is 0. The molecule has 126 valence electrons. The maximum atomic E-state index is 12.6. The Hall–Kier alpha value is -2.21. The van der Waals surface area contributed by atoms with Gasteiger partial charge in [0.2, 0.25) is 5.91 Å². The number of hydrogen-bond acceptors (Lipinski definition) is 5. The highest BCUT2D eigenvalue weighted by Gasteiger charge is 2.27. The molecule has 0 aromatic carbocycles. The van der Waals surface area contributed by atoms with Crippen molar-refractivity contribution in [2.24, 2.45) is 5.92 Å². The maximum Gasteiger partial charge on any atom is 0.225 e. The number of rotatable bonds is 4. The molecule has 0 spiro atoms. The molecule has 24 heavy (non-hydrogen) atoms. The first kappa shape index (κ1) is 16.6. The molecule has 7 heteroatoms. The van der Waals surface area contributed by atoms with E-state index in [0.29, 0.717) is 11.7 Å². The second-order valence-corrected chi connectivity index (χ2v) is 6.37. The largest absolute Gasteiger partial charge is 0.354 e. The number of nitrogens with one attached hydrogen (secondary N) is 1. The highest BCUT2D eigenvalue weighted by molar-refractivity contribution is 6.29. The van der Waals surface area contributed by atoms with Crippen LogP contribution in [0.4, 0.5) is 5.82 Å². The van der Waals surface area contributed by atoms with E-state index in [0.717, 1.165) is 30.9 Å². The molecule has 3 rings (SSSR count). The lowest BCUT2D eigenvalue weighted by Gasteiger charge is -2.33. The van der Waals surface area contributed by atoms with Crippen molar-refractivity contribution in [3.8, 4) is 0 Å². The lowest BCUT2D eigenvalue weighted by atomic mass is 9.96. The van der Waals surface area contributed by atoms with E-state index in [-0.39, 0.29) is 17.9 Å². The number of nitrogens with zero attached hydrogens (tertiary/aromatic N) is 4. The number of carbonyl (C=O) groups is 1. The average molecular weight is 346 g/mol. The molecule has 3 heterocycles. The van der Waals surface area contributed by atoms with Crippen molar-refractivity contribution < 1.29 is 4.79 Å². The SMILES string of the molecule is C[C@@H](NC(=O)[C@@H]1CCCN(c2ccc(Cl)nn2)C1)c1ccccn1. The summed E-state index contributed by atoms with van der Waals surface area (Å²) in [5, 5.41) is 11.4. The highest BCUT2D eigenvalue weighted by Crippen LogP contribution is 2.22. The molecule has 1 amide bonds. The molecule has 1 fully saturated rings. The van der Waals surface area contributed by atoms with E-state index in [1.165, 1.54) is 0 Å². The minimum absolute atomic E-state index is 0.0553. The van der Waals surface area contributed by atoms with E-state index < -0.39 is 0 Å². The third kappa shape index (κ3) is 4.00. The summed E-state index contributed by atoms with van der Waals surface area (Å²) in [4.78, 5) is 19.0. The van der Waals surface area contributed by atoms with Crippen LogP contribution in [-0.2, 0) is 4.79 Å². The van der Waals surface area contributed by atoms with E-state index in [9.17, 15) is 4.79 Å². The van der Waals surface area contributed by atoms with Gasteiger partial charge in [0.25, 0.3) is 0 Å². The predicted octanol–water partition coefficient (Wildman–Crippen LogP) is 2.62. The van der Waals surface area contributed by atoms with E-state index in [4.69, 9.17) is 11.6 Å². The van der Waals surface area contributed by atoms with Crippen LogP contribution in [-0.4, -0.2) is 34.2 Å². The van der Waals surface area contributed by atoms with Crippen LogP contribution in [0.3, 0.4) is 0 Å². The van der Waals surface area contributed by atoms with Crippen LogP contribution in [0.15, 0.2) is 36.5 Å². The second kappa shape index (κ2) is 7.57. The van der Waals surface area contributed by atoms with Gasteiger partial charge in [-0.25, -0.2) is 0 Å². The average Bonchev–Trinajstić information content (AvgIpc) is 2.63. The van der Waals surface area contributed by atoms with Gasteiger partial charge in [0.15, 0.2) is 11.0 Å². The van der Waals surface area contributed by atoms with Gasteiger partial charge in [0.05, 0.1) is 17.7 Å². The highest BCUT2D eigenvalue weighted by atomic mass is 35.5. The molecule has 1 aliphatic heterocycles. The topological polar surface area (TPSA) is 71.0 Å². The zero-order valence-corrected chi connectivity index (χ0v) is 14.3. The molecule has 0 saturated carbocycles. The van der Waals surface area contributed by atoms with Crippen molar-refractivity contribution in [3.05, 3.63) is 47.4 Å². The van der Waals surface area contributed by atoms with Crippen molar-refractivity contribution in [3.63, 3.8) is 0 Å². The molecular weight excluding hydrogens is 326 g/mol. The van der Waals surface area contributed by atoms with Crippen LogP contribution >= 0.6 is 11.6 Å². The van der Waals surface area contributed by atoms with Crippen LogP contribution in [0.1, 0.15) is 31.5 Å². The Bertz CT molecular complexity index is 679. The summed E-state index contributed by atoms with van der Waals surface area (Å²) in [6, 6.07) is 9.16. The number of halogens is 1. The quantitative estimate of drug-likeness (QED) is 0.922. The number of carbonyl (C=O) groups excluding carboxylic acids is 1. The second-order valence-electron chi connectivity index (χ2n) is 5.98. The first-order chi connectivity index (χ1) is 11.6. The van der Waals surface area contributed by atoms with Gasteiger partial charge >= 0.3 is 0 Å². The van der Waals surface area contributed by atoms with Gasteiger partial charge in [-0.15, -0.1) is 10.2 Å². The number of amides is 1. The number of hydrogen-bond donors (Lipinski definition) is 1. The molecule has 6 nitrogen and oxygen atoms in total. The fourth-order valence-electron chi connectivity index (χ4n) is 2.91. The third-order valence-corrected chi connectivity index (χ3v) is 4.43. The standard InChI is InChI=1S/C17H20ClN5O/c1-12(14-6-2-3-9-19-14)20-17(24)13-5-4-10-23(11-13)16-8-7-15(18)21-22-16/h2-3,6-9,12-13H,4-5,10-11H2,1H3,(H,20,24)/t12-,13-/m1/s1. The van der Waals surface area contributed by atoms with E-state index in [1.807, 2.05) is 31.2 Å². The summed E-state index contributed by atoms with van der Waals surface area (Å²) in [5.74, 6) is 0.747. The maximum absolute atomic E-state index is 12.6. The Morgan fingerprint density at radius 2 is 2.21 bits per heavy atom. The zero-order valence-electron chi connectivity index (χ0n) is 13.5. The number of pyridine rings is 1. The zero-order chi connectivity index (χ0) is 16.9. The Kier molecular flexibility index (Phi) is 5.25. The van der Waals surface area contributed by atoms with E-state index >= 15 is 0 Å². The molecule has 2 atom stereocenters. The summed E-state index contributed by atoms with van der Waals surface area (Å²) >= 11 is 5.78. The Balaban J connectivity index is 1.61. The molecule has 2 aromatic heterocycles. The van der Waals surface area contributed by atoms with E-state index in [1.54, 1.807) is 12.3 Å². The van der Waals surface area contributed by atoms with Gasteiger partial charge in [0.1, 0.15) is 0 Å². The molecule has 0 bridgehead atoms. The Morgan fingerprint density at radius 3 is 2.92 bits per heavy atom. The van der Waals surface area contributed by atoms with Gasteiger partial charge in [0, 0.05) is 19.3 Å². The minimum Gasteiger partial charge on any atom is -0.354 e. The van der Waals surface area contributed by atoms with Crippen molar-refractivity contribution in [1.82, 2.24) is 20.5 Å². The van der Waals surface area contributed by atoms with E-state index in [2.05, 4.69) is 25.4 Å². The molecule has 1 N–H and O–H groups in total. The number of anilines is 1. The van der Waals surface area contributed by atoms with Crippen molar-refractivity contribution in [2.45, 2.75) is 25.8 Å². The summed E-state index contributed by atoms with van der Waals surface area (Å²) in [6.07, 6.45) is 3.55. The van der Waals surface area contributed by atoms with Crippen LogP contribution in [0.2, 0.25) is 5.15 Å². The van der Waals surface area contributed by atoms with Gasteiger partial charge in [-0.3, -0.25) is 9.78 Å². The summed E-state index contributed by atoms with van der Waals surface area (Å²) in [5.41, 5.74) is 0.863. The molecule has 2 aromatic rings. The lowest BCUT2D eigenvalue weighted by Crippen LogP contribution is -2.44. The van der Waals surface area contributed by atoms with Crippen molar-refractivity contribution in [1.29, 1.82) is 0 Å². The fourth-order valence-corrected chi connectivity index (χ4v) is 3.01. The first-order valence-electron chi connectivity index (χ1n) is 8.09. The van der Waals surface area contributed by atoms with Gasteiger partial charge in [-0.05, 0) is 44.0 Å². The Labute approximate surface area is 146 Å². The van der Waals surface area contributed by atoms with Crippen molar-refractivity contribution in [2.75, 3.05) is 18.0 Å². The number of piperidine rings is 1. The van der Waals surface area contributed by atoms with Gasteiger partial charge < -0.3 is 10.2 Å². The Morgan fingerprint density at radius 1 is 1.33 bits per heavy atom. The lowest BCUT2D eigenvalue weighted by molar-refractivity contribution is -0.125. The molecule has 0 unspecified atom stereocenters. The minimum atomic E-state index is -0.107. The molecule has 1 saturated heterocycles. The smallest absolute Gasteiger partial charge is 0.225 e. The molecule has 1 aliphatic rings. The summed E-state index contributed by atoms with van der Waals surface area (Å²) in [6.45, 7) is 3.46. The monoisotopic (exact) mass is 345 g/mol. The van der Waals surface area contributed by atoms with Crippen molar-refractivity contribution >= 4 is 23.3 Å². The normalized spacial score (nSPS) is 18.9. The predicted molar refractivity (Wildman–Crippen MR) is 92.8 cm³/mol. The molecular formula is C17H20ClN5O.